The molecule has 0 aliphatic carbocycles. The molecule has 3 N–H and O–H groups in total. The van der Waals surface area contributed by atoms with Gasteiger partial charge in [0, 0.05) is 9.13 Å². The third-order valence-electron chi connectivity index (χ3n) is 3.53. The Morgan fingerprint density at radius 3 is 2.62 bits per heavy atom. The highest BCUT2D eigenvalue weighted by molar-refractivity contribution is 14.1. The van der Waals surface area contributed by atoms with Gasteiger partial charge in [0.05, 0.1) is 6.04 Å². The van der Waals surface area contributed by atoms with Crippen LogP contribution in [0.1, 0.15) is 17.2 Å². The molecule has 1 atom stereocenters. The van der Waals surface area contributed by atoms with E-state index < -0.39 is 0 Å². The molecule has 0 saturated carbocycles. The van der Waals surface area contributed by atoms with Crippen LogP contribution in [0.4, 0.5) is 0 Å². The number of halogens is 1. The van der Waals surface area contributed by atoms with E-state index >= 15 is 0 Å². The molecule has 110 valence electrons. The normalized spacial score (nSPS) is 14.8. The van der Waals surface area contributed by atoms with E-state index in [1.54, 1.807) is 0 Å². The Kier molecular flexibility index (Phi) is 4.62. The molecule has 0 spiro atoms. The lowest BCUT2D eigenvalue weighted by molar-refractivity contribution is 0.168. The highest BCUT2D eigenvalue weighted by Crippen LogP contribution is 2.37. The molecule has 0 amide bonds. The molecule has 3 rings (SSSR count). The van der Waals surface area contributed by atoms with E-state index in [1.165, 1.54) is 9.13 Å². The molecule has 2 aromatic rings. The third kappa shape index (κ3) is 3.30. The number of hydrogen-bond donors (Lipinski definition) is 2. The second-order valence-electron chi connectivity index (χ2n) is 4.92. The van der Waals surface area contributed by atoms with Crippen LogP contribution in [0.2, 0.25) is 0 Å². The molecule has 0 bridgehead atoms. The summed E-state index contributed by atoms with van der Waals surface area (Å²) >= 11 is 2.30. The summed E-state index contributed by atoms with van der Waals surface area (Å²) in [5, 5.41) is 0. The molecule has 0 fully saturated rings. The van der Waals surface area contributed by atoms with Crippen molar-refractivity contribution in [1.29, 1.82) is 0 Å². The van der Waals surface area contributed by atoms with Crippen molar-refractivity contribution in [3.8, 4) is 11.5 Å². The molecule has 5 heteroatoms. The van der Waals surface area contributed by atoms with Gasteiger partial charge in [0.15, 0.2) is 11.5 Å². The van der Waals surface area contributed by atoms with Crippen molar-refractivity contribution < 1.29 is 9.47 Å². The first-order valence-electron chi connectivity index (χ1n) is 6.87. The molecule has 1 heterocycles. The molecule has 1 aliphatic heterocycles. The topological polar surface area (TPSA) is 56.5 Å². The van der Waals surface area contributed by atoms with Gasteiger partial charge >= 0.3 is 0 Å². The summed E-state index contributed by atoms with van der Waals surface area (Å²) in [6, 6.07) is 14.4. The second-order valence-corrected chi connectivity index (χ2v) is 6.17. The summed E-state index contributed by atoms with van der Waals surface area (Å²) in [5.74, 6) is 7.36. The smallest absolute Gasteiger partial charge is 0.166 e. The predicted octanol–water partition coefficient (Wildman–Crippen LogP) is 2.81. The van der Waals surface area contributed by atoms with Crippen LogP contribution in [-0.2, 0) is 6.42 Å². The van der Waals surface area contributed by atoms with Crippen LogP contribution in [0.5, 0.6) is 11.5 Å². The monoisotopic (exact) mass is 396 g/mol. The second kappa shape index (κ2) is 6.64. The van der Waals surface area contributed by atoms with Gasteiger partial charge < -0.3 is 9.47 Å². The van der Waals surface area contributed by atoms with Crippen LogP contribution in [0.15, 0.2) is 42.5 Å². The summed E-state index contributed by atoms with van der Waals surface area (Å²) in [5.41, 5.74) is 5.16. The number of nitrogens with two attached hydrogens (primary N) is 1. The number of nitrogens with one attached hydrogen (secondary N) is 1. The number of ether oxygens (including phenoxy) is 2. The minimum Gasteiger partial charge on any atom is -0.486 e. The molecule has 4 nitrogen and oxygen atoms in total. The first kappa shape index (κ1) is 14.6. The maximum Gasteiger partial charge on any atom is 0.166 e. The summed E-state index contributed by atoms with van der Waals surface area (Å²) in [4.78, 5) is 0. The first-order valence-corrected chi connectivity index (χ1v) is 7.95. The number of hydrogen-bond acceptors (Lipinski definition) is 4. The Hall–Kier alpha value is -1.31. The van der Waals surface area contributed by atoms with Crippen LogP contribution in [0, 0.1) is 3.57 Å². The van der Waals surface area contributed by atoms with Gasteiger partial charge in [0.25, 0.3) is 0 Å². The molecule has 21 heavy (non-hydrogen) atoms. The fourth-order valence-electron chi connectivity index (χ4n) is 2.49. The standard InChI is InChI=1S/C16H17IN2O2/c17-12-6-4-11(5-7-12)10-14(19-18)13-2-1-3-15-16(13)21-9-8-20-15/h1-7,14,19H,8-10,18H2. The fourth-order valence-corrected chi connectivity index (χ4v) is 2.85. The van der Waals surface area contributed by atoms with Crippen LogP contribution >= 0.6 is 22.6 Å². The van der Waals surface area contributed by atoms with Crippen LogP contribution in [-0.4, -0.2) is 13.2 Å². The maximum absolute atomic E-state index is 5.77. The van der Waals surface area contributed by atoms with Gasteiger partial charge in [0.1, 0.15) is 13.2 Å². The zero-order valence-corrected chi connectivity index (χ0v) is 13.7. The number of para-hydroxylation sites is 1. The molecule has 1 unspecified atom stereocenters. The van der Waals surface area contributed by atoms with Gasteiger partial charge in [0.2, 0.25) is 0 Å². The lowest BCUT2D eigenvalue weighted by Crippen LogP contribution is -2.30. The van der Waals surface area contributed by atoms with Gasteiger partial charge in [-0.2, -0.15) is 0 Å². The van der Waals surface area contributed by atoms with Gasteiger partial charge in [-0.15, -0.1) is 0 Å². The van der Waals surface area contributed by atoms with Crippen LogP contribution in [0.25, 0.3) is 0 Å². The molecule has 0 radical (unpaired) electrons. The summed E-state index contributed by atoms with van der Waals surface area (Å²) in [6.45, 7) is 1.17. The number of rotatable bonds is 4. The van der Waals surface area contributed by atoms with E-state index in [-0.39, 0.29) is 6.04 Å². The first-order chi connectivity index (χ1) is 10.3. The quantitative estimate of drug-likeness (QED) is 0.474. The Balaban J connectivity index is 1.88. The van der Waals surface area contributed by atoms with Crippen molar-refractivity contribution in [2.45, 2.75) is 12.5 Å². The Morgan fingerprint density at radius 1 is 1.10 bits per heavy atom. The Labute approximate surface area is 137 Å². The van der Waals surface area contributed by atoms with E-state index in [1.807, 2.05) is 18.2 Å². The minimum atomic E-state index is -0.0123. The fraction of sp³-hybridized carbons (Fsp3) is 0.250. The van der Waals surface area contributed by atoms with E-state index in [0.717, 1.165) is 23.5 Å². The summed E-state index contributed by atoms with van der Waals surface area (Å²) in [6.07, 6.45) is 0.799. The van der Waals surface area contributed by atoms with Gasteiger partial charge in [-0.05, 0) is 52.8 Å². The van der Waals surface area contributed by atoms with Crippen molar-refractivity contribution >= 4 is 22.6 Å². The molecule has 1 aliphatic rings. The summed E-state index contributed by atoms with van der Waals surface area (Å²) in [7, 11) is 0. The van der Waals surface area contributed by atoms with Crippen molar-refractivity contribution in [2.75, 3.05) is 13.2 Å². The molecule has 0 saturated heterocycles. The SMILES string of the molecule is NNC(Cc1ccc(I)cc1)c1cccc2c1OCCO2. The van der Waals surface area contributed by atoms with E-state index in [9.17, 15) is 0 Å². The lowest BCUT2D eigenvalue weighted by Gasteiger charge is -2.25. The minimum absolute atomic E-state index is 0.0123. The Morgan fingerprint density at radius 2 is 1.86 bits per heavy atom. The zero-order chi connectivity index (χ0) is 14.7. The highest BCUT2D eigenvalue weighted by atomic mass is 127. The van der Waals surface area contributed by atoms with Gasteiger partial charge in [-0.3, -0.25) is 11.3 Å². The molecule has 2 aromatic carbocycles. The average molecular weight is 396 g/mol. The van der Waals surface area contributed by atoms with Crippen molar-refractivity contribution in [1.82, 2.24) is 5.43 Å². The molecular formula is C16H17IN2O2. The Bertz CT molecular complexity index is 616. The summed E-state index contributed by atoms with van der Waals surface area (Å²) < 4.78 is 12.6. The number of benzene rings is 2. The number of fused-ring (bicyclic) bond motifs is 1. The largest absolute Gasteiger partial charge is 0.486 e. The van der Waals surface area contributed by atoms with E-state index in [4.69, 9.17) is 15.3 Å². The van der Waals surface area contributed by atoms with Crippen LogP contribution < -0.4 is 20.7 Å². The van der Waals surface area contributed by atoms with E-state index in [0.29, 0.717) is 13.2 Å². The maximum atomic E-state index is 5.77. The lowest BCUT2D eigenvalue weighted by atomic mass is 9.98. The highest BCUT2D eigenvalue weighted by Gasteiger charge is 2.21. The predicted molar refractivity (Wildman–Crippen MR) is 90.4 cm³/mol. The zero-order valence-electron chi connectivity index (χ0n) is 11.5. The van der Waals surface area contributed by atoms with Crippen molar-refractivity contribution in [3.05, 3.63) is 57.2 Å². The molecular weight excluding hydrogens is 379 g/mol. The van der Waals surface area contributed by atoms with Crippen LogP contribution in [0.3, 0.4) is 0 Å². The number of hydrazine groups is 1. The molecule has 0 aromatic heterocycles. The van der Waals surface area contributed by atoms with Crippen molar-refractivity contribution in [3.63, 3.8) is 0 Å². The van der Waals surface area contributed by atoms with E-state index in [2.05, 4.69) is 52.3 Å². The van der Waals surface area contributed by atoms with Gasteiger partial charge in [-0.25, -0.2) is 0 Å². The average Bonchev–Trinajstić information content (AvgIpc) is 2.54. The third-order valence-corrected chi connectivity index (χ3v) is 4.25. The van der Waals surface area contributed by atoms with Crippen molar-refractivity contribution in [2.24, 2.45) is 5.84 Å². The van der Waals surface area contributed by atoms with Gasteiger partial charge in [-0.1, -0.05) is 24.3 Å².